The third kappa shape index (κ3) is 4.17. The van der Waals surface area contributed by atoms with Gasteiger partial charge in [-0.05, 0) is 34.8 Å². The van der Waals surface area contributed by atoms with Crippen LogP contribution in [0.4, 0.5) is 0 Å². The number of carbonyl (C=O) groups is 2. The molecule has 0 bridgehead atoms. The maximum absolute atomic E-state index is 12.1. The molecule has 1 aliphatic rings. The number of hydrogen-bond acceptors (Lipinski definition) is 3. The average Bonchev–Trinajstić information content (AvgIpc) is 2.48. The largest absolute Gasteiger partial charge is 0.481 e. The Balaban J connectivity index is 1.94. The zero-order valence-corrected chi connectivity index (χ0v) is 13.1. The summed E-state index contributed by atoms with van der Waals surface area (Å²) >= 11 is 3.28. The number of amides is 1. The molecule has 1 saturated heterocycles. The van der Waals surface area contributed by atoms with Crippen molar-refractivity contribution in [2.24, 2.45) is 5.92 Å². The smallest absolute Gasteiger partial charge is 0.308 e. The van der Waals surface area contributed by atoms with Gasteiger partial charge >= 0.3 is 5.97 Å². The van der Waals surface area contributed by atoms with E-state index in [9.17, 15) is 14.4 Å². The number of rotatable bonds is 4. The van der Waals surface area contributed by atoms with Crippen LogP contribution in [0.2, 0.25) is 0 Å². The number of nitrogens with zero attached hydrogens (tertiary/aromatic N) is 2. The number of piperidine rings is 1. The van der Waals surface area contributed by atoms with Crippen LogP contribution in [0.1, 0.15) is 19.3 Å². The van der Waals surface area contributed by atoms with Crippen molar-refractivity contribution in [2.75, 3.05) is 13.1 Å². The molecule has 1 atom stereocenters. The van der Waals surface area contributed by atoms with Gasteiger partial charge in [-0.1, -0.05) is 0 Å². The molecule has 2 heterocycles. The van der Waals surface area contributed by atoms with Crippen molar-refractivity contribution in [3.8, 4) is 0 Å². The Morgan fingerprint density at radius 3 is 2.86 bits per heavy atom. The summed E-state index contributed by atoms with van der Waals surface area (Å²) < 4.78 is 2.25. The van der Waals surface area contributed by atoms with Crippen LogP contribution in [0.25, 0.3) is 0 Å². The quantitative estimate of drug-likeness (QED) is 0.882. The van der Waals surface area contributed by atoms with Crippen LogP contribution in [0.15, 0.2) is 27.6 Å². The lowest BCUT2D eigenvalue weighted by atomic mass is 9.98. The van der Waals surface area contributed by atoms with E-state index in [4.69, 9.17) is 5.11 Å². The van der Waals surface area contributed by atoms with E-state index in [-0.39, 0.29) is 24.4 Å². The van der Waals surface area contributed by atoms with Gasteiger partial charge in [0.1, 0.15) is 0 Å². The van der Waals surface area contributed by atoms with Crippen LogP contribution >= 0.6 is 15.9 Å². The number of aryl methyl sites for hydroxylation is 1. The molecule has 0 spiro atoms. The summed E-state index contributed by atoms with van der Waals surface area (Å²) in [4.78, 5) is 36.4. The molecule has 0 aliphatic carbocycles. The van der Waals surface area contributed by atoms with Gasteiger partial charge in [0.05, 0.1) is 5.92 Å². The molecule has 0 aromatic carbocycles. The van der Waals surface area contributed by atoms with Crippen LogP contribution in [-0.2, 0) is 16.1 Å². The van der Waals surface area contributed by atoms with Gasteiger partial charge in [-0.2, -0.15) is 0 Å². The lowest BCUT2D eigenvalue weighted by molar-refractivity contribution is -0.145. The Hall–Kier alpha value is -1.63. The molecular formula is C14H17BrN2O4. The summed E-state index contributed by atoms with van der Waals surface area (Å²) in [6.45, 7) is 1.16. The van der Waals surface area contributed by atoms with Gasteiger partial charge in [-0.15, -0.1) is 0 Å². The molecular weight excluding hydrogens is 340 g/mol. The molecule has 1 aromatic rings. The molecule has 0 radical (unpaired) electrons. The summed E-state index contributed by atoms with van der Waals surface area (Å²) in [7, 11) is 0. The van der Waals surface area contributed by atoms with Gasteiger partial charge in [-0.25, -0.2) is 0 Å². The van der Waals surface area contributed by atoms with E-state index in [2.05, 4.69) is 15.9 Å². The van der Waals surface area contributed by atoms with E-state index in [0.29, 0.717) is 25.9 Å². The van der Waals surface area contributed by atoms with Gasteiger partial charge in [0, 0.05) is 42.8 Å². The van der Waals surface area contributed by atoms with Crippen molar-refractivity contribution in [2.45, 2.75) is 25.8 Å². The number of hydrogen-bond donors (Lipinski definition) is 1. The summed E-state index contributed by atoms with van der Waals surface area (Å²) in [5, 5.41) is 9.02. The Labute approximate surface area is 130 Å². The minimum absolute atomic E-state index is 0.104. The van der Waals surface area contributed by atoms with Crippen molar-refractivity contribution in [3.05, 3.63) is 33.2 Å². The van der Waals surface area contributed by atoms with E-state index in [1.54, 1.807) is 17.2 Å². The number of likely N-dealkylation sites (tertiary alicyclic amines) is 1. The highest BCUT2D eigenvalue weighted by Gasteiger charge is 2.27. The number of carbonyl (C=O) groups excluding carboxylic acids is 1. The highest BCUT2D eigenvalue weighted by atomic mass is 79.9. The predicted octanol–water partition coefficient (Wildman–Crippen LogP) is 1.32. The molecule has 1 fully saturated rings. The van der Waals surface area contributed by atoms with Crippen LogP contribution in [-0.4, -0.2) is 39.5 Å². The molecule has 0 saturated carbocycles. The van der Waals surface area contributed by atoms with E-state index in [1.807, 2.05) is 0 Å². The lowest BCUT2D eigenvalue weighted by Crippen LogP contribution is -2.42. The lowest BCUT2D eigenvalue weighted by Gasteiger charge is -2.30. The van der Waals surface area contributed by atoms with E-state index in [1.165, 1.54) is 10.6 Å². The Kier molecular flexibility index (Phi) is 5.17. The fourth-order valence-corrected chi connectivity index (χ4v) is 2.84. The first kappa shape index (κ1) is 15.8. The summed E-state index contributed by atoms with van der Waals surface area (Å²) in [6.07, 6.45) is 3.16. The number of aliphatic carboxylic acids is 1. The van der Waals surface area contributed by atoms with Gasteiger partial charge < -0.3 is 14.6 Å². The number of pyridine rings is 1. The minimum Gasteiger partial charge on any atom is -0.481 e. The van der Waals surface area contributed by atoms with Gasteiger partial charge in [-0.3, -0.25) is 14.4 Å². The third-order valence-corrected chi connectivity index (χ3v) is 4.11. The number of halogens is 1. The summed E-state index contributed by atoms with van der Waals surface area (Å²) in [5.74, 6) is -1.43. The molecule has 1 aromatic heterocycles. The first-order chi connectivity index (χ1) is 9.97. The highest BCUT2D eigenvalue weighted by Crippen LogP contribution is 2.17. The highest BCUT2D eigenvalue weighted by molar-refractivity contribution is 9.10. The van der Waals surface area contributed by atoms with E-state index in [0.717, 1.165) is 4.47 Å². The van der Waals surface area contributed by atoms with Crippen molar-refractivity contribution in [3.63, 3.8) is 0 Å². The standard InChI is InChI=1S/C14H17BrN2O4/c15-11-3-4-12(18)17(9-11)7-5-13(19)16-6-1-2-10(8-16)14(20)21/h3-4,9-10H,1-2,5-8H2,(H,20,21). The molecule has 1 aliphatic heterocycles. The fraction of sp³-hybridized carbons (Fsp3) is 0.500. The predicted molar refractivity (Wildman–Crippen MR) is 80.0 cm³/mol. The molecule has 1 amide bonds. The zero-order chi connectivity index (χ0) is 15.4. The first-order valence-corrected chi connectivity index (χ1v) is 7.63. The van der Waals surface area contributed by atoms with Crippen molar-refractivity contribution in [1.82, 2.24) is 9.47 Å². The maximum atomic E-state index is 12.1. The van der Waals surface area contributed by atoms with Crippen molar-refractivity contribution < 1.29 is 14.7 Å². The second-order valence-corrected chi connectivity index (χ2v) is 6.06. The van der Waals surface area contributed by atoms with Crippen LogP contribution in [0.5, 0.6) is 0 Å². The minimum atomic E-state index is -0.851. The molecule has 1 unspecified atom stereocenters. The Morgan fingerprint density at radius 1 is 1.38 bits per heavy atom. The number of carboxylic acids is 1. The van der Waals surface area contributed by atoms with Gasteiger partial charge in [0.15, 0.2) is 0 Å². The normalized spacial score (nSPS) is 18.5. The fourth-order valence-electron chi connectivity index (χ4n) is 2.46. The van der Waals surface area contributed by atoms with E-state index >= 15 is 0 Å². The third-order valence-electron chi connectivity index (χ3n) is 3.64. The molecule has 6 nitrogen and oxygen atoms in total. The summed E-state index contributed by atoms with van der Waals surface area (Å²) in [5.41, 5.74) is -0.159. The second kappa shape index (κ2) is 6.89. The molecule has 2 rings (SSSR count). The number of aromatic nitrogens is 1. The van der Waals surface area contributed by atoms with Crippen LogP contribution < -0.4 is 5.56 Å². The SMILES string of the molecule is O=C(O)C1CCCN(C(=O)CCn2cc(Br)ccc2=O)C1. The van der Waals surface area contributed by atoms with Crippen molar-refractivity contribution in [1.29, 1.82) is 0 Å². The molecule has 1 N–H and O–H groups in total. The van der Waals surface area contributed by atoms with Gasteiger partial charge in [0.2, 0.25) is 5.91 Å². The topological polar surface area (TPSA) is 79.6 Å². The monoisotopic (exact) mass is 356 g/mol. The Bertz CT molecular complexity index is 599. The van der Waals surface area contributed by atoms with E-state index < -0.39 is 11.9 Å². The van der Waals surface area contributed by atoms with Crippen molar-refractivity contribution >= 4 is 27.8 Å². The molecule has 7 heteroatoms. The molecule has 114 valence electrons. The van der Waals surface area contributed by atoms with Crippen LogP contribution in [0, 0.1) is 5.92 Å². The zero-order valence-electron chi connectivity index (χ0n) is 11.5. The second-order valence-electron chi connectivity index (χ2n) is 5.15. The number of carboxylic acid groups (broad SMARTS) is 1. The average molecular weight is 357 g/mol. The summed E-state index contributed by atoms with van der Waals surface area (Å²) in [6, 6.07) is 3.10. The maximum Gasteiger partial charge on any atom is 0.308 e. The van der Waals surface area contributed by atoms with Crippen LogP contribution in [0.3, 0.4) is 0 Å². The first-order valence-electron chi connectivity index (χ1n) is 6.84. The molecule has 21 heavy (non-hydrogen) atoms. The van der Waals surface area contributed by atoms with Gasteiger partial charge in [0.25, 0.3) is 5.56 Å². The Morgan fingerprint density at radius 2 is 2.14 bits per heavy atom.